The summed E-state index contributed by atoms with van der Waals surface area (Å²) < 4.78 is 33.7. The van der Waals surface area contributed by atoms with Gasteiger partial charge in [-0.1, -0.05) is 15.9 Å². The molecule has 0 aromatic carbocycles. The predicted molar refractivity (Wildman–Crippen MR) is 87.6 cm³/mol. The Bertz CT molecular complexity index is 794. The lowest BCUT2D eigenvalue weighted by molar-refractivity contribution is -0.0542. The first kappa shape index (κ1) is 19.0. The van der Waals surface area contributed by atoms with Gasteiger partial charge < -0.3 is 20.7 Å². The van der Waals surface area contributed by atoms with E-state index in [-0.39, 0.29) is 5.82 Å². The molecule has 4 N–H and O–H groups in total. The second kappa shape index (κ2) is 7.29. The highest BCUT2D eigenvalue weighted by molar-refractivity contribution is 9.11. The molecule has 0 aliphatic carbocycles. The molecule has 1 fully saturated rings. The Labute approximate surface area is 145 Å². The van der Waals surface area contributed by atoms with Crippen molar-refractivity contribution < 1.29 is 27.6 Å². The maximum absolute atomic E-state index is 12.0. The maximum atomic E-state index is 12.0. The van der Waals surface area contributed by atoms with E-state index in [0.717, 1.165) is 10.8 Å². The molecule has 1 aliphatic heterocycles. The molecule has 12 heteroatoms. The first-order chi connectivity index (χ1) is 11.2. The summed E-state index contributed by atoms with van der Waals surface area (Å²) >= 11 is 3.07. The molecule has 10 nitrogen and oxygen atoms in total. The highest BCUT2D eigenvalue weighted by atomic mass is 79.9. The molecule has 2 rings (SSSR count). The fourth-order valence-electron chi connectivity index (χ4n) is 2.29. The van der Waals surface area contributed by atoms with E-state index >= 15 is 0 Å². The van der Waals surface area contributed by atoms with Crippen LogP contribution in [0, 0.1) is 0 Å². The molecule has 134 valence electrons. The average Bonchev–Trinajstić information content (AvgIpc) is 2.77. The molecule has 0 bridgehead atoms. The number of nitrogens with zero attached hydrogens (tertiary/aromatic N) is 2. The minimum absolute atomic E-state index is 0.0259. The first-order valence-corrected chi connectivity index (χ1v) is 9.39. The van der Waals surface area contributed by atoms with Crippen molar-refractivity contribution in [3.05, 3.63) is 27.2 Å². The summed E-state index contributed by atoms with van der Waals surface area (Å²) in [7, 11) is -3.91. The molecule has 0 unspecified atom stereocenters. The number of halogens is 1. The third kappa shape index (κ3) is 4.02. The number of aliphatic hydroxyl groups excluding tert-OH is 2. The van der Waals surface area contributed by atoms with Crippen LogP contribution in [-0.2, 0) is 19.0 Å². The number of nitrogen functional groups attached to an aromatic ring is 1. The number of nitrogens with two attached hydrogens (primary N) is 1. The predicted octanol–water partition coefficient (Wildman–Crippen LogP) is -1.21. The summed E-state index contributed by atoms with van der Waals surface area (Å²) in [4.78, 5) is 17.2. The van der Waals surface area contributed by atoms with Gasteiger partial charge in [-0.25, -0.2) is 4.79 Å². The Balaban J connectivity index is 2.42. The van der Waals surface area contributed by atoms with Gasteiger partial charge in [0.1, 0.15) is 24.1 Å². The number of anilines is 1. The molecular weight excluding hydrogens is 410 g/mol. The van der Waals surface area contributed by atoms with Crippen molar-refractivity contribution in [1.82, 2.24) is 9.55 Å². The summed E-state index contributed by atoms with van der Waals surface area (Å²) in [5, 5.41) is 19.6. The molecule has 0 amide bonds. The van der Waals surface area contributed by atoms with Crippen molar-refractivity contribution >= 4 is 37.9 Å². The maximum Gasteiger partial charge on any atom is 0.351 e. The minimum Gasteiger partial charge on any atom is -0.394 e. The van der Waals surface area contributed by atoms with Gasteiger partial charge in [-0.05, 0) is 11.1 Å². The number of hydrogen-bond donors (Lipinski definition) is 3. The monoisotopic (exact) mass is 425 g/mol. The summed E-state index contributed by atoms with van der Waals surface area (Å²) in [6.45, 7) is -0.612. The van der Waals surface area contributed by atoms with E-state index in [2.05, 4.69) is 20.9 Å². The summed E-state index contributed by atoms with van der Waals surface area (Å²) in [6.07, 6.45) is -1.70. The van der Waals surface area contributed by atoms with Crippen LogP contribution >= 0.6 is 15.9 Å². The lowest BCUT2D eigenvalue weighted by Gasteiger charge is -2.19. The van der Waals surface area contributed by atoms with Crippen LogP contribution in [0.15, 0.2) is 16.0 Å². The topological polar surface area (TPSA) is 154 Å². The number of rotatable bonds is 5. The second-order valence-electron chi connectivity index (χ2n) is 5.07. The molecule has 1 aliphatic rings. The molecule has 1 aromatic rings. The van der Waals surface area contributed by atoms with E-state index in [4.69, 9.17) is 14.7 Å². The molecule has 0 saturated carbocycles. The van der Waals surface area contributed by atoms with Crippen LogP contribution in [0.1, 0.15) is 11.8 Å². The van der Waals surface area contributed by atoms with Crippen LogP contribution in [0.3, 0.4) is 0 Å². The third-order valence-corrected chi connectivity index (χ3v) is 4.14. The van der Waals surface area contributed by atoms with Crippen LogP contribution in [0.2, 0.25) is 0 Å². The number of hydrogen-bond acceptors (Lipinski definition) is 9. The van der Waals surface area contributed by atoms with Gasteiger partial charge in [-0.3, -0.25) is 8.75 Å². The lowest BCUT2D eigenvalue weighted by atomic mass is 10.1. The van der Waals surface area contributed by atoms with Crippen LogP contribution in [0.4, 0.5) is 5.82 Å². The Hall–Kier alpha value is -1.31. The molecule has 2 heterocycles. The van der Waals surface area contributed by atoms with E-state index in [1.165, 1.54) is 17.3 Å². The van der Waals surface area contributed by atoms with Gasteiger partial charge in [-0.15, -0.1) is 0 Å². The van der Waals surface area contributed by atoms with E-state index in [1.807, 2.05) is 0 Å². The lowest BCUT2D eigenvalue weighted by Crippen LogP contribution is -2.39. The van der Waals surface area contributed by atoms with Crippen molar-refractivity contribution in [2.24, 2.45) is 0 Å². The van der Waals surface area contributed by atoms with Crippen LogP contribution in [-0.4, -0.2) is 59.4 Å². The van der Waals surface area contributed by atoms with E-state index in [0.29, 0.717) is 5.56 Å². The van der Waals surface area contributed by atoms with Crippen molar-refractivity contribution in [3.63, 3.8) is 0 Å². The number of ether oxygens (including phenoxy) is 1. The zero-order valence-electron chi connectivity index (χ0n) is 12.4. The minimum atomic E-state index is -3.91. The molecule has 4 atom stereocenters. The van der Waals surface area contributed by atoms with E-state index in [1.54, 1.807) is 0 Å². The Morgan fingerprint density at radius 3 is 2.79 bits per heavy atom. The van der Waals surface area contributed by atoms with Crippen molar-refractivity contribution in [2.75, 3.05) is 18.6 Å². The Kier molecular flexibility index (Phi) is 5.78. The highest BCUT2D eigenvalue weighted by Gasteiger charge is 2.47. The third-order valence-electron chi connectivity index (χ3n) is 3.30. The summed E-state index contributed by atoms with van der Waals surface area (Å²) in [6, 6.07) is 0. The molecule has 0 spiro atoms. The zero-order chi connectivity index (χ0) is 18.1. The molecule has 0 radical (unpaired) electrons. The van der Waals surface area contributed by atoms with Crippen molar-refractivity contribution in [2.45, 2.75) is 24.5 Å². The van der Waals surface area contributed by atoms with Crippen LogP contribution in [0.25, 0.3) is 6.08 Å². The van der Waals surface area contributed by atoms with Crippen molar-refractivity contribution in [3.8, 4) is 0 Å². The van der Waals surface area contributed by atoms with Crippen LogP contribution in [0.5, 0.6) is 0 Å². The fraction of sp³-hybridized carbons (Fsp3) is 0.500. The summed E-state index contributed by atoms with van der Waals surface area (Å²) in [5.74, 6) is -0.0259. The smallest absolute Gasteiger partial charge is 0.351 e. The van der Waals surface area contributed by atoms with Crippen molar-refractivity contribution in [1.29, 1.82) is 0 Å². The quantitative estimate of drug-likeness (QED) is 0.492. The van der Waals surface area contributed by atoms with Gasteiger partial charge in [0.15, 0.2) is 6.23 Å². The molecule has 24 heavy (non-hydrogen) atoms. The van der Waals surface area contributed by atoms with E-state index in [9.17, 15) is 23.4 Å². The van der Waals surface area contributed by atoms with E-state index < -0.39 is 47.0 Å². The van der Waals surface area contributed by atoms with Gasteiger partial charge in [0.05, 0.1) is 12.9 Å². The summed E-state index contributed by atoms with van der Waals surface area (Å²) in [5.41, 5.74) is 5.19. The van der Waals surface area contributed by atoms with Gasteiger partial charge in [0.25, 0.3) is 10.1 Å². The van der Waals surface area contributed by atoms with Gasteiger partial charge in [-0.2, -0.15) is 13.4 Å². The average molecular weight is 426 g/mol. The van der Waals surface area contributed by atoms with Gasteiger partial charge >= 0.3 is 5.69 Å². The second-order valence-corrected chi connectivity index (χ2v) is 7.20. The molecule has 1 aromatic heterocycles. The molecular formula is C12H16BrN3O7S. The zero-order valence-corrected chi connectivity index (χ0v) is 14.8. The standard InChI is InChI=1S/C12H16BrN3O7S/c1-24(20,21)23-9-7(5-17)22-11(8(9)18)16-4-6(2-3-13)10(14)15-12(16)19/h2-4,7-9,11,17-18H,5H2,1H3,(H2,14,15,19)/b3-2+/t7-,8-,9+,11-/m1/s1. The SMILES string of the molecule is CS(=O)(=O)O[C@@H]1[C@@H](O)[C@H](n2cc(/C=C/Br)c(N)nc2=O)O[C@@H]1CO. The highest BCUT2D eigenvalue weighted by Crippen LogP contribution is 2.31. The van der Waals surface area contributed by atoms with Gasteiger partial charge in [0, 0.05) is 11.8 Å². The Morgan fingerprint density at radius 1 is 1.58 bits per heavy atom. The largest absolute Gasteiger partial charge is 0.394 e. The fourth-order valence-corrected chi connectivity index (χ4v) is 3.22. The molecule has 1 saturated heterocycles. The normalized spacial score (nSPS) is 27.8. The van der Waals surface area contributed by atoms with Gasteiger partial charge in [0.2, 0.25) is 0 Å². The Morgan fingerprint density at radius 2 is 2.25 bits per heavy atom. The number of aromatic nitrogens is 2. The van der Waals surface area contributed by atoms with Crippen LogP contribution < -0.4 is 11.4 Å². The number of aliphatic hydroxyl groups is 2. The first-order valence-electron chi connectivity index (χ1n) is 6.66.